The largest absolute Gasteiger partial charge is 0.459 e. The molecule has 0 spiro atoms. The molecule has 0 amide bonds. The van der Waals surface area contributed by atoms with E-state index in [1.54, 1.807) is 0 Å². The fourth-order valence-electron chi connectivity index (χ4n) is 2.72. The van der Waals surface area contributed by atoms with Crippen molar-refractivity contribution in [3.63, 3.8) is 0 Å². The maximum atomic E-state index is 12.2. The summed E-state index contributed by atoms with van der Waals surface area (Å²) in [5, 5.41) is 0. The zero-order valence-electron chi connectivity index (χ0n) is 14.7. The van der Waals surface area contributed by atoms with Gasteiger partial charge in [0, 0.05) is 4.47 Å². The maximum Gasteiger partial charge on any atom is 0.338 e. The highest BCUT2D eigenvalue weighted by atomic mass is 79.9. The average Bonchev–Trinajstić information content (AvgIpc) is 2.54. The molecule has 0 aliphatic heterocycles. The van der Waals surface area contributed by atoms with Gasteiger partial charge in [0.15, 0.2) is 0 Å². The van der Waals surface area contributed by atoms with Gasteiger partial charge in [-0.1, -0.05) is 74.7 Å². The number of rotatable bonds is 12. The van der Waals surface area contributed by atoms with Gasteiger partial charge >= 0.3 is 5.97 Å². The van der Waals surface area contributed by atoms with E-state index in [2.05, 4.69) is 29.8 Å². The molecule has 0 aliphatic rings. The van der Waals surface area contributed by atoms with E-state index >= 15 is 0 Å². The summed E-state index contributed by atoms with van der Waals surface area (Å²) in [5.74, 6) is -0.195. The zero-order chi connectivity index (χ0) is 16.9. The molecule has 1 aromatic carbocycles. The Balaban J connectivity index is 2.30. The van der Waals surface area contributed by atoms with Crippen LogP contribution in [0.3, 0.4) is 0 Å². The molecule has 0 saturated carbocycles. The van der Waals surface area contributed by atoms with Crippen molar-refractivity contribution in [1.29, 1.82) is 0 Å². The van der Waals surface area contributed by atoms with E-state index in [0.717, 1.165) is 30.2 Å². The fourth-order valence-corrected chi connectivity index (χ4v) is 2.98. The van der Waals surface area contributed by atoms with Crippen LogP contribution < -0.4 is 0 Å². The molecule has 1 atom stereocenters. The molecular formula is C20H31BrO2. The van der Waals surface area contributed by atoms with E-state index in [0.29, 0.717) is 5.56 Å². The third-order valence-corrected chi connectivity index (χ3v) is 4.62. The van der Waals surface area contributed by atoms with Crippen molar-refractivity contribution in [2.45, 2.75) is 84.2 Å². The molecule has 1 aromatic rings. The molecular weight excluding hydrogens is 352 g/mol. The van der Waals surface area contributed by atoms with Crippen molar-refractivity contribution >= 4 is 21.9 Å². The second-order valence-electron chi connectivity index (χ2n) is 6.23. The van der Waals surface area contributed by atoms with Crippen molar-refractivity contribution in [1.82, 2.24) is 0 Å². The molecule has 0 fully saturated rings. The highest BCUT2D eigenvalue weighted by Gasteiger charge is 2.15. The molecule has 3 heteroatoms. The van der Waals surface area contributed by atoms with Crippen LogP contribution in [-0.2, 0) is 4.74 Å². The third kappa shape index (κ3) is 9.14. The number of ether oxygens (including phenoxy) is 1. The van der Waals surface area contributed by atoms with Crippen LogP contribution in [-0.4, -0.2) is 12.1 Å². The number of benzene rings is 1. The predicted molar refractivity (Wildman–Crippen MR) is 101 cm³/mol. The van der Waals surface area contributed by atoms with Crippen LogP contribution in [0.5, 0.6) is 0 Å². The lowest BCUT2D eigenvalue weighted by molar-refractivity contribution is 0.0253. The summed E-state index contributed by atoms with van der Waals surface area (Å²) in [5.41, 5.74) is 0.633. The molecule has 130 valence electrons. The molecule has 2 nitrogen and oxygen atoms in total. The number of carbonyl (C=O) groups is 1. The smallest absolute Gasteiger partial charge is 0.338 e. The van der Waals surface area contributed by atoms with Crippen LogP contribution in [0.25, 0.3) is 0 Å². The summed E-state index contributed by atoms with van der Waals surface area (Å²) in [7, 11) is 0. The Hall–Kier alpha value is -0.830. The van der Waals surface area contributed by atoms with Gasteiger partial charge in [-0.05, 0) is 43.5 Å². The standard InChI is InChI=1S/C20H31BrO2/c1-3-5-6-7-8-9-10-12-19(11-4-2)23-20(22)17-13-15-18(21)16-14-17/h13-16,19H,3-12H2,1-2H3. The van der Waals surface area contributed by atoms with Gasteiger partial charge in [-0.3, -0.25) is 0 Å². The highest BCUT2D eigenvalue weighted by Crippen LogP contribution is 2.17. The van der Waals surface area contributed by atoms with Crippen LogP contribution in [0.4, 0.5) is 0 Å². The highest BCUT2D eigenvalue weighted by molar-refractivity contribution is 9.10. The summed E-state index contributed by atoms with van der Waals surface area (Å²) in [6.07, 6.45) is 12.1. The Morgan fingerprint density at radius 2 is 1.52 bits per heavy atom. The Labute approximate surface area is 150 Å². The van der Waals surface area contributed by atoms with Crippen LogP contribution in [0.2, 0.25) is 0 Å². The molecule has 0 radical (unpaired) electrons. The Morgan fingerprint density at radius 3 is 2.13 bits per heavy atom. The molecule has 0 aliphatic carbocycles. The van der Waals surface area contributed by atoms with Crippen molar-refractivity contribution in [3.05, 3.63) is 34.3 Å². The fraction of sp³-hybridized carbons (Fsp3) is 0.650. The number of hydrogen-bond acceptors (Lipinski definition) is 2. The maximum absolute atomic E-state index is 12.2. The minimum Gasteiger partial charge on any atom is -0.459 e. The molecule has 0 heterocycles. The monoisotopic (exact) mass is 382 g/mol. The summed E-state index contributed by atoms with van der Waals surface area (Å²) in [4.78, 5) is 12.2. The summed E-state index contributed by atoms with van der Waals surface area (Å²) >= 11 is 3.38. The minimum atomic E-state index is -0.195. The lowest BCUT2D eigenvalue weighted by atomic mass is 10.0. The topological polar surface area (TPSA) is 26.3 Å². The van der Waals surface area contributed by atoms with Gasteiger partial charge in [-0.2, -0.15) is 0 Å². The van der Waals surface area contributed by atoms with Crippen LogP contribution in [0.1, 0.15) is 88.4 Å². The van der Waals surface area contributed by atoms with Gasteiger partial charge in [0.1, 0.15) is 6.10 Å². The number of carbonyl (C=O) groups excluding carboxylic acids is 1. The zero-order valence-corrected chi connectivity index (χ0v) is 16.2. The molecule has 0 saturated heterocycles. The molecule has 1 rings (SSSR count). The summed E-state index contributed by atoms with van der Waals surface area (Å²) in [6.45, 7) is 4.39. The summed E-state index contributed by atoms with van der Waals surface area (Å²) in [6, 6.07) is 7.37. The average molecular weight is 383 g/mol. The lowest BCUT2D eigenvalue weighted by Gasteiger charge is -2.17. The van der Waals surface area contributed by atoms with E-state index in [1.165, 1.54) is 38.5 Å². The van der Waals surface area contributed by atoms with Crippen LogP contribution >= 0.6 is 15.9 Å². The number of hydrogen-bond donors (Lipinski definition) is 0. The Morgan fingerprint density at radius 1 is 0.913 bits per heavy atom. The minimum absolute atomic E-state index is 0.0618. The number of esters is 1. The first-order valence-electron chi connectivity index (χ1n) is 9.14. The Kier molecular flexibility index (Phi) is 11.1. The molecule has 23 heavy (non-hydrogen) atoms. The van der Waals surface area contributed by atoms with Gasteiger partial charge in [-0.25, -0.2) is 4.79 Å². The van der Waals surface area contributed by atoms with E-state index < -0.39 is 0 Å². The molecule has 1 unspecified atom stereocenters. The van der Waals surface area contributed by atoms with Crippen LogP contribution in [0.15, 0.2) is 28.7 Å². The third-order valence-electron chi connectivity index (χ3n) is 4.09. The van der Waals surface area contributed by atoms with Gasteiger partial charge in [0.2, 0.25) is 0 Å². The van der Waals surface area contributed by atoms with E-state index in [1.807, 2.05) is 24.3 Å². The normalized spacial score (nSPS) is 12.1. The van der Waals surface area contributed by atoms with E-state index in [-0.39, 0.29) is 12.1 Å². The van der Waals surface area contributed by atoms with Crippen molar-refractivity contribution in [2.75, 3.05) is 0 Å². The quantitative estimate of drug-likeness (QED) is 0.289. The molecule has 0 aromatic heterocycles. The van der Waals surface area contributed by atoms with E-state index in [9.17, 15) is 4.79 Å². The SMILES string of the molecule is CCCCCCCCCC(CCC)OC(=O)c1ccc(Br)cc1. The molecule has 0 bridgehead atoms. The first-order chi connectivity index (χ1) is 11.2. The number of halogens is 1. The first-order valence-corrected chi connectivity index (χ1v) is 9.93. The second-order valence-corrected chi connectivity index (χ2v) is 7.15. The Bertz CT molecular complexity index is 428. The summed E-state index contributed by atoms with van der Waals surface area (Å²) < 4.78 is 6.68. The second kappa shape index (κ2) is 12.6. The first kappa shape index (κ1) is 20.2. The van der Waals surface area contributed by atoms with Gasteiger partial charge in [0.25, 0.3) is 0 Å². The van der Waals surface area contributed by atoms with Gasteiger partial charge < -0.3 is 4.74 Å². The van der Waals surface area contributed by atoms with E-state index in [4.69, 9.17) is 4.74 Å². The van der Waals surface area contributed by atoms with Gasteiger partial charge in [0.05, 0.1) is 5.56 Å². The van der Waals surface area contributed by atoms with Gasteiger partial charge in [-0.15, -0.1) is 0 Å². The molecule has 0 N–H and O–H groups in total. The predicted octanol–water partition coefficient (Wildman–Crippen LogP) is 6.92. The van der Waals surface area contributed by atoms with Crippen molar-refractivity contribution in [3.8, 4) is 0 Å². The van der Waals surface area contributed by atoms with Crippen LogP contribution in [0, 0.1) is 0 Å². The number of unbranched alkanes of at least 4 members (excludes halogenated alkanes) is 6. The lowest BCUT2D eigenvalue weighted by Crippen LogP contribution is -2.18. The van der Waals surface area contributed by atoms with Crippen molar-refractivity contribution < 1.29 is 9.53 Å². The van der Waals surface area contributed by atoms with Crippen molar-refractivity contribution in [2.24, 2.45) is 0 Å².